The van der Waals surface area contributed by atoms with Crippen LogP contribution in [0.5, 0.6) is 5.75 Å². The second kappa shape index (κ2) is 8.13. The summed E-state index contributed by atoms with van der Waals surface area (Å²) >= 11 is 0. The van der Waals surface area contributed by atoms with Gasteiger partial charge in [-0.3, -0.25) is 9.69 Å². The SMILES string of the molecule is COc1cccc(CN2CCC(C(=O)N3CCc4ccccc4C3)CC2)c1. The second-order valence-electron chi connectivity index (χ2n) is 7.68. The van der Waals surface area contributed by atoms with Gasteiger partial charge in [0.25, 0.3) is 0 Å². The Kier molecular flexibility index (Phi) is 5.44. The minimum absolute atomic E-state index is 0.178. The molecule has 142 valence electrons. The maximum Gasteiger partial charge on any atom is 0.226 e. The zero-order valence-corrected chi connectivity index (χ0v) is 16.1. The number of benzene rings is 2. The summed E-state index contributed by atoms with van der Waals surface area (Å²) in [6, 6.07) is 16.8. The van der Waals surface area contributed by atoms with Crippen LogP contribution in [0, 0.1) is 5.92 Å². The molecule has 1 fully saturated rings. The molecule has 2 aromatic rings. The molecular weight excluding hydrogens is 336 g/mol. The number of nitrogens with zero attached hydrogens (tertiary/aromatic N) is 2. The van der Waals surface area contributed by atoms with Crippen LogP contribution in [0.1, 0.15) is 29.5 Å². The van der Waals surface area contributed by atoms with Gasteiger partial charge in [0.05, 0.1) is 7.11 Å². The molecule has 0 spiro atoms. The van der Waals surface area contributed by atoms with Gasteiger partial charge in [-0.1, -0.05) is 36.4 Å². The molecule has 2 aliphatic heterocycles. The van der Waals surface area contributed by atoms with Gasteiger partial charge in [0.2, 0.25) is 5.91 Å². The number of amides is 1. The van der Waals surface area contributed by atoms with E-state index in [0.717, 1.165) is 57.7 Å². The highest BCUT2D eigenvalue weighted by atomic mass is 16.5. The van der Waals surface area contributed by atoms with Crippen molar-refractivity contribution in [1.82, 2.24) is 9.80 Å². The largest absolute Gasteiger partial charge is 0.497 e. The highest BCUT2D eigenvalue weighted by Crippen LogP contribution is 2.25. The smallest absolute Gasteiger partial charge is 0.226 e. The van der Waals surface area contributed by atoms with Crippen LogP contribution in [0.25, 0.3) is 0 Å². The normalized spacial score (nSPS) is 18.2. The highest BCUT2D eigenvalue weighted by molar-refractivity contribution is 5.79. The van der Waals surface area contributed by atoms with Crippen LogP contribution in [-0.4, -0.2) is 42.5 Å². The van der Waals surface area contributed by atoms with Gasteiger partial charge in [-0.2, -0.15) is 0 Å². The van der Waals surface area contributed by atoms with Crippen molar-refractivity contribution in [3.05, 3.63) is 65.2 Å². The molecule has 0 N–H and O–H groups in total. The topological polar surface area (TPSA) is 32.8 Å². The van der Waals surface area contributed by atoms with E-state index in [0.29, 0.717) is 5.91 Å². The quantitative estimate of drug-likeness (QED) is 0.833. The fourth-order valence-corrected chi connectivity index (χ4v) is 4.31. The molecule has 1 saturated heterocycles. The van der Waals surface area contributed by atoms with Crippen molar-refractivity contribution < 1.29 is 9.53 Å². The summed E-state index contributed by atoms with van der Waals surface area (Å²) in [5.74, 6) is 1.44. The summed E-state index contributed by atoms with van der Waals surface area (Å²) in [4.78, 5) is 17.5. The third-order valence-corrected chi connectivity index (χ3v) is 5.92. The zero-order chi connectivity index (χ0) is 18.6. The Morgan fingerprint density at radius 2 is 1.81 bits per heavy atom. The molecule has 0 unspecified atom stereocenters. The van der Waals surface area contributed by atoms with E-state index in [9.17, 15) is 4.79 Å². The van der Waals surface area contributed by atoms with E-state index < -0.39 is 0 Å². The number of likely N-dealkylation sites (tertiary alicyclic amines) is 1. The fraction of sp³-hybridized carbons (Fsp3) is 0.435. The summed E-state index contributed by atoms with van der Waals surface area (Å²) in [6.07, 6.45) is 2.90. The monoisotopic (exact) mass is 364 g/mol. The van der Waals surface area contributed by atoms with E-state index in [1.165, 1.54) is 16.7 Å². The Labute approximate surface area is 161 Å². The Morgan fingerprint density at radius 1 is 1.04 bits per heavy atom. The fourth-order valence-electron chi connectivity index (χ4n) is 4.31. The maximum absolute atomic E-state index is 13.0. The number of ether oxygens (including phenoxy) is 1. The third-order valence-electron chi connectivity index (χ3n) is 5.92. The number of piperidine rings is 1. The number of methoxy groups -OCH3 is 1. The molecule has 2 aliphatic rings. The van der Waals surface area contributed by atoms with Crippen LogP contribution < -0.4 is 4.74 Å². The lowest BCUT2D eigenvalue weighted by molar-refractivity contribution is -0.138. The van der Waals surface area contributed by atoms with Crippen LogP contribution in [0.15, 0.2) is 48.5 Å². The van der Waals surface area contributed by atoms with Crippen molar-refractivity contribution in [2.75, 3.05) is 26.7 Å². The van der Waals surface area contributed by atoms with E-state index >= 15 is 0 Å². The summed E-state index contributed by atoms with van der Waals surface area (Å²) in [5, 5.41) is 0. The van der Waals surface area contributed by atoms with Crippen molar-refractivity contribution in [3.63, 3.8) is 0 Å². The summed E-state index contributed by atoms with van der Waals surface area (Å²) in [6.45, 7) is 4.53. The van der Waals surface area contributed by atoms with Gasteiger partial charge < -0.3 is 9.64 Å². The van der Waals surface area contributed by atoms with Crippen LogP contribution in [0.4, 0.5) is 0 Å². The lowest BCUT2D eigenvalue weighted by atomic mass is 9.93. The van der Waals surface area contributed by atoms with E-state index in [4.69, 9.17) is 4.74 Å². The van der Waals surface area contributed by atoms with Crippen molar-refractivity contribution in [2.45, 2.75) is 32.4 Å². The predicted molar refractivity (Wildman–Crippen MR) is 107 cm³/mol. The van der Waals surface area contributed by atoms with E-state index in [1.807, 2.05) is 12.1 Å². The van der Waals surface area contributed by atoms with Crippen molar-refractivity contribution in [1.29, 1.82) is 0 Å². The van der Waals surface area contributed by atoms with E-state index in [2.05, 4.69) is 46.2 Å². The Hall–Kier alpha value is -2.33. The number of hydrogen-bond donors (Lipinski definition) is 0. The average Bonchev–Trinajstić information content (AvgIpc) is 2.73. The molecule has 1 amide bonds. The van der Waals surface area contributed by atoms with Crippen molar-refractivity contribution in [2.24, 2.45) is 5.92 Å². The molecule has 2 aromatic carbocycles. The molecule has 0 bridgehead atoms. The first-order valence-corrected chi connectivity index (χ1v) is 9.94. The minimum Gasteiger partial charge on any atom is -0.497 e. The summed E-state index contributed by atoms with van der Waals surface area (Å²) in [7, 11) is 1.70. The van der Waals surface area contributed by atoms with Gasteiger partial charge in [-0.15, -0.1) is 0 Å². The molecule has 4 rings (SSSR count). The molecule has 2 heterocycles. The van der Waals surface area contributed by atoms with Crippen LogP contribution in [-0.2, 0) is 24.3 Å². The molecular formula is C23H28N2O2. The zero-order valence-electron chi connectivity index (χ0n) is 16.1. The van der Waals surface area contributed by atoms with Crippen LogP contribution in [0.3, 0.4) is 0 Å². The molecule has 4 heteroatoms. The van der Waals surface area contributed by atoms with Gasteiger partial charge in [0.1, 0.15) is 5.75 Å². The van der Waals surface area contributed by atoms with E-state index in [1.54, 1.807) is 7.11 Å². The molecule has 0 atom stereocenters. The Balaban J connectivity index is 1.31. The van der Waals surface area contributed by atoms with Gasteiger partial charge in [-0.05, 0) is 61.2 Å². The summed E-state index contributed by atoms with van der Waals surface area (Å²) in [5.41, 5.74) is 3.98. The molecule has 0 radical (unpaired) electrons. The van der Waals surface area contributed by atoms with Crippen molar-refractivity contribution >= 4 is 5.91 Å². The number of carbonyl (C=O) groups is 1. The first-order valence-electron chi connectivity index (χ1n) is 9.94. The van der Waals surface area contributed by atoms with Crippen LogP contribution in [0.2, 0.25) is 0 Å². The lowest BCUT2D eigenvalue weighted by Gasteiger charge is -2.36. The summed E-state index contributed by atoms with van der Waals surface area (Å²) < 4.78 is 5.32. The maximum atomic E-state index is 13.0. The van der Waals surface area contributed by atoms with Crippen molar-refractivity contribution in [3.8, 4) is 5.75 Å². The number of hydrogen-bond acceptors (Lipinski definition) is 3. The van der Waals surface area contributed by atoms with E-state index in [-0.39, 0.29) is 5.92 Å². The van der Waals surface area contributed by atoms with Gasteiger partial charge >= 0.3 is 0 Å². The lowest BCUT2D eigenvalue weighted by Crippen LogP contribution is -2.44. The minimum atomic E-state index is 0.178. The van der Waals surface area contributed by atoms with Gasteiger partial charge in [-0.25, -0.2) is 0 Å². The van der Waals surface area contributed by atoms with Crippen LogP contribution >= 0.6 is 0 Å². The predicted octanol–water partition coefficient (Wildman–Crippen LogP) is 3.49. The second-order valence-corrected chi connectivity index (χ2v) is 7.68. The Morgan fingerprint density at radius 3 is 2.59 bits per heavy atom. The Bertz CT molecular complexity index is 796. The first-order chi connectivity index (χ1) is 13.2. The standard InChI is InChI=1S/C23H28N2O2/c1-27-22-8-4-5-18(15-22)16-24-12-9-20(10-13-24)23(26)25-14-11-19-6-2-3-7-21(19)17-25/h2-8,15,20H,9-14,16-17H2,1H3. The third kappa shape index (κ3) is 4.16. The molecule has 0 saturated carbocycles. The number of carbonyl (C=O) groups excluding carboxylic acids is 1. The molecule has 0 aliphatic carbocycles. The highest BCUT2D eigenvalue weighted by Gasteiger charge is 2.30. The van der Waals surface area contributed by atoms with Gasteiger partial charge in [0.15, 0.2) is 0 Å². The number of fused-ring (bicyclic) bond motifs is 1. The molecule has 27 heavy (non-hydrogen) atoms. The van der Waals surface area contributed by atoms with Gasteiger partial charge in [0, 0.05) is 25.6 Å². The first kappa shape index (κ1) is 18.1. The molecule has 0 aromatic heterocycles. The number of rotatable bonds is 4. The average molecular weight is 364 g/mol. The molecule has 4 nitrogen and oxygen atoms in total.